The van der Waals surface area contributed by atoms with Crippen molar-refractivity contribution >= 4 is 23.3 Å². The van der Waals surface area contributed by atoms with Crippen molar-refractivity contribution in [3.05, 3.63) is 63.4 Å². The second kappa shape index (κ2) is 6.44. The highest BCUT2D eigenvalue weighted by atomic mass is 35.5. The summed E-state index contributed by atoms with van der Waals surface area (Å²) in [5.41, 5.74) is 0.625. The Labute approximate surface area is 131 Å². The Morgan fingerprint density at radius 1 is 1.50 bits per heavy atom. The van der Waals surface area contributed by atoms with Crippen molar-refractivity contribution in [1.82, 2.24) is 0 Å². The van der Waals surface area contributed by atoms with Crippen molar-refractivity contribution in [1.29, 1.82) is 0 Å². The van der Waals surface area contributed by atoms with Gasteiger partial charge in [-0.25, -0.2) is 4.79 Å². The minimum absolute atomic E-state index is 0.0470. The van der Waals surface area contributed by atoms with Crippen LogP contribution in [-0.2, 0) is 4.74 Å². The standard InChI is InChI=1S/C15H12ClNO5/c1-3-6-21-15(18)14-5-4-13(22-14)10-8-11(16)9(2)7-12(10)17(19)20/h3-5,7-8H,1,6H2,2H3. The van der Waals surface area contributed by atoms with E-state index in [2.05, 4.69) is 6.58 Å². The molecule has 0 spiro atoms. The molecule has 22 heavy (non-hydrogen) atoms. The van der Waals surface area contributed by atoms with Crippen LogP contribution in [0.25, 0.3) is 11.3 Å². The number of furan rings is 1. The number of benzene rings is 1. The number of carbonyl (C=O) groups excluding carboxylic acids is 1. The molecule has 0 fully saturated rings. The molecule has 0 saturated carbocycles. The van der Waals surface area contributed by atoms with Crippen LogP contribution in [-0.4, -0.2) is 17.5 Å². The van der Waals surface area contributed by atoms with Crippen LogP contribution in [0, 0.1) is 17.0 Å². The zero-order valence-electron chi connectivity index (χ0n) is 11.7. The maximum absolute atomic E-state index is 11.7. The quantitative estimate of drug-likeness (QED) is 0.357. The van der Waals surface area contributed by atoms with Gasteiger partial charge in [0.05, 0.1) is 10.5 Å². The van der Waals surface area contributed by atoms with E-state index in [0.29, 0.717) is 10.6 Å². The summed E-state index contributed by atoms with van der Waals surface area (Å²) in [6.45, 7) is 5.14. The van der Waals surface area contributed by atoms with Gasteiger partial charge in [0.1, 0.15) is 12.4 Å². The van der Waals surface area contributed by atoms with E-state index in [9.17, 15) is 14.9 Å². The smallest absolute Gasteiger partial charge is 0.374 e. The summed E-state index contributed by atoms with van der Waals surface area (Å²) < 4.78 is 10.2. The Balaban J connectivity index is 2.42. The average Bonchev–Trinajstić information content (AvgIpc) is 2.96. The zero-order chi connectivity index (χ0) is 16.3. The van der Waals surface area contributed by atoms with E-state index < -0.39 is 10.9 Å². The topological polar surface area (TPSA) is 82.6 Å². The van der Waals surface area contributed by atoms with Gasteiger partial charge in [-0.1, -0.05) is 24.3 Å². The molecule has 2 aromatic rings. The fraction of sp³-hybridized carbons (Fsp3) is 0.133. The van der Waals surface area contributed by atoms with E-state index >= 15 is 0 Å². The van der Waals surface area contributed by atoms with E-state index in [1.165, 1.54) is 30.3 Å². The maximum Gasteiger partial charge on any atom is 0.374 e. The Hall–Kier alpha value is -2.60. The number of ether oxygens (including phenoxy) is 1. The van der Waals surface area contributed by atoms with Crippen LogP contribution < -0.4 is 0 Å². The molecule has 6 nitrogen and oxygen atoms in total. The Kier molecular flexibility index (Phi) is 4.62. The molecule has 1 heterocycles. The predicted molar refractivity (Wildman–Crippen MR) is 81.0 cm³/mol. The van der Waals surface area contributed by atoms with Crippen LogP contribution in [0.2, 0.25) is 5.02 Å². The summed E-state index contributed by atoms with van der Waals surface area (Å²) in [7, 11) is 0. The highest BCUT2D eigenvalue weighted by Crippen LogP contribution is 2.35. The van der Waals surface area contributed by atoms with Crippen molar-refractivity contribution in [2.24, 2.45) is 0 Å². The SMILES string of the molecule is C=CCOC(=O)c1ccc(-c2cc(Cl)c(C)cc2[N+](=O)[O-])o1. The third-order valence-corrected chi connectivity index (χ3v) is 3.29. The number of carbonyl (C=O) groups is 1. The van der Waals surface area contributed by atoms with Gasteiger partial charge in [-0.15, -0.1) is 0 Å². The van der Waals surface area contributed by atoms with Gasteiger partial charge in [0.25, 0.3) is 5.69 Å². The van der Waals surface area contributed by atoms with Gasteiger partial charge < -0.3 is 9.15 Å². The summed E-state index contributed by atoms with van der Waals surface area (Å²) >= 11 is 6.01. The summed E-state index contributed by atoms with van der Waals surface area (Å²) in [6.07, 6.45) is 1.42. The number of nitro benzene ring substituents is 1. The molecular formula is C15H12ClNO5. The molecule has 7 heteroatoms. The van der Waals surface area contributed by atoms with Gasteiger partial charge in [0.15, 0.2) is 0 Å². The van der Waals surface area contributed by atoms with Crippen LogP contribution in [0.4, 0.5) is 5.69 Å². The molecule has 0 bridgehead atoms. The first-order chi connectivity index (χ1) is 10.4. The predicted octanol–water partition coefficient (Wildman–Crippen LogP) is 4.16. The summed E-state index contributed by atoms with van der Waals surface area (Å²) in [6, 6.07) is 5.64. The highest BCUT2D eigenvalue weighted by molar-refractivity contribution is 6.31. The van der Waals surface area contributed by atoms with Gasteiger partial charge in [0, 0.05) is 11.1 Å². The average molecular weight is 322 g/mol. The van der Waals surface area contributed by atoms with E-state index in [-0.39, 0.29) is 29.4 Å². The van der Waals surface area contributed by atoms with Gasteiger partial charge >= 0.3 is 5.97 Å². The lowest BCUT2D eigenvalue weighted by atomic mass is 10.1. The Morgan fingerprint density at radius 3 is 2.86 bits per heavy atom. The molecule has 0 radical (unpaired) electrons. The maximum atomic E-state index is 11.7. The van der Waals surface area contributed by atoms with Gasteiger partial charge in [-0.05, 0) is 30.7 Å². The minimum atomic E-state index is -0.674. The first kappa shape index (κ1) is 15.8. The van der Waals surface area contributed by atoms with Gasteiger partial charge in [-0.2, -0.15) is 0 Å². The van der Waals surface area contributed by atoms with Crippen molar-refractivity contribution in [2.45, 2.75) is 6.92 Å². The number of nitrogens with zero attached hydrogens (tertiary/aromatic N) is 1. The number of rotatable bonds is 5. The van der Waals surface area contributed by atoms with Crippen LogP contribution in [0.3, 0.4) is 0 Å². The molecule has 0 aliphatic rings. The summed E-state index contributed by atoms with van der Waals surface area (Å²) in [5.74, 6) is -0.561. The second-order valence-corrected chi connectivity index (χ2v) is 4.83. The molecule has 2 rings (SSSR count). The zero-order valence-corrected chi connectivity index (χ0v) is 12.4. The lowest BCUT2D eigenvalue weighted by Crippen LogP contribution is -2.03. The number of aryl methyl sites for hydroxylation is 1. The molecule has 1 aromatic heterocycles. The molecule has 114 valence electrons. The lowest BCUT2D eigenvalue weighted by Gasteiger charge is -2.04. The number of halogens is 1. The molecular weight excluding hydrogens is 310 g/mol. The van der Waals surface area contributed by atoms with Crippen molar-refractivity contribution < 1.29 is 18.9 Å². The number of nitro groups is 1. The normalized spacial score (nSPS) is 10.3. The van der Waals surface area contributed by atoms with Crippen molar-refractivity contribution in [3.8, 4) is 11.3 Å². The van der Waals surface area contributed by atoms with Crippen LogP contribution in [0.15, 0.2) is 41.3 Å². The molecule has 1 aromatic carbocycles. The van der Waals surface area contributed by atoms with E-state index in [1.807, 2.05) is 0 Å². The molecule has 0 atom stereocenters. The second-order valence-electron chi connectivity index (χ2n) is 4.43. The first-order valence-electron chi connectivity index (χ1n) is 6.26. The highest BCUT2D eigenvalue weighted by Gasteiger charge is 2.22. The molecule has 0 saturated heterocycles. The fourth-order valence-electron chi connectivity index (χ4n) is 1.81. The van der Waals surface area contributed by atoms with Crippen LogP contribution >= 0.6 is 11.6 Å². The number of hydrogen-bond acceptors (Lipinski definition) is 5. The molecule has 0 unspecified atom stereocenters. The lowest BCUT2D eigenvalue weighted by molar-refractivity contribution is -0.384. The van der Waals surface area contributed by atoms with Crippen molar-refractivity contribution in [3.63, 3.8) is 0 Å². The first-order valence-corrected chi connectivity index (χ1v) is 6.64. The van der Waals surface area contributed by atoms with Crippen molar-refractivity contribution in [2.75, 3.05) is 6.61 Å². The summed E-state index contributed by atoms with van der Waals surface area (Å²) in [5, 5.41) is 11.5. The van der Waals surface area contributed by atoms with E-state index in [1.54, 1.807) is 6.92 Å². The Bertz CT molecular complexity index is 750. The summed E-state index contributed by atoms with van der Waals surface area (Å²) in [4.78, 5) is 22.3. The van der Waals surface area contributed by atoms with Crippen LogP contribution in [0.5, 0.6) is 0 Å². The minimum Gasteiger partial charge on any atom is -0.456 e. The number of esters is 1. The monoisotopic (exact) mass is 321 g/mol. The molecule has 0 N–H and O–H groups in total. The number of hydrogen-bond donors (Lipinski definition) is 0. The van der Waals surface area contributed by atoms with Gasteiger partial charge in [0.2, 0.25) is 5.76 Å². The largest absolute Gasteiger partial charge is 0.456 e. The molecule has 0 aliphatic heterocycles. The third kappa shape index (κ3) is 3.17. The Morgan fingerprint density at radius 2 is 2.23 bits per heavy atom. The van der Waals surface area contributed by atoms with E-state index in [0.717, 1.165) is 0 Å². The van der Waals surface area contributed by atoms with Crippen LogP contribution in [0.1, 0.15) is 16.1 Å². The third-order valence-electron chi connectivity index (χ3n) is 2.88. The fourth-order valence-corrected chi connectivity index (χ4v) is 1.98. The molecule has 0 amide bonds. The molecule has 0 aliphatic carbocycles. The van der Waals surface area contributed by atoms with Gasteiger partial charge in [-0.3, -0.25) is 10.1 Å². The van der Waals surface area contributed by atoms with E-state index in [4.69, 9.17) is 20.8 Å².